The molecule has 0 spiro atoms. The van der Waals surface area contributed by atoms with Gasteiger partial charge >= 0.3 is 6.18 Å². The van der Waals surface area contributed by atoms with Crippen LogP contribution in [0.2, 0.25) is 0 Å². The Bertz CT molecular complexity index is 1110. The van der Waals surface area contributed by atoms with Gasteiger partial charge in [0.1, 0.15) is 6.04 Å². The highest BCUT2D eigenvalue weighted by molar-refractivity contribution is 6.06. The highest BCUT2D eigenvalue weighted by Gasteiger charge is 2.33. The minimum Gasteiger partial charge on any atom is -0.340 e. The van der Waals surface area contributed by atoms with E-state index in [0.717, 1.165) is 46.3 Å². The van der Waals surface area contributed by atoms with Crippen molar-refractivity contribution in [1.82, 2.24) is 5.32 Å². The third-order valence-corrected chi connectivity index (χ3v) is 5.19. The lowest BCUT2D eigenvalue weighted by molar-refractivity contribution is -0.137. The number of halogens is 3. The molecule has 0 saturated carbocycles. The van der Waals surface area contributed by atoms with E-state index < -0.39 is 23.7 Å². The number of hydrogen-bond donors (Lipinski definition) is 1. The molecule has 0 aliphatic carbocycles. The van der Waals surface area contributed by atoms with Gasteiger partial charge in [-0.1, -0.05) is 30.3 Å². The fourth-order valence-electron chi connectivity index (χ4n) is 3.66. The maximum absolute atomic E-state index is 12.7. The summed E-state index contributed by atoms with van der Waals surface area (Å²) in [6.07, 6.45) is -4.16. The average Bonchev–Trinajstić information content (AvgIpc) is 2.71. The number of carbonyl (C=O) groups excluding carboxylic acids is 2. The van der Waals surface area contributed by atoms with E-state index in [2.05, 4.69) is 5.32 Å². The zero-order valence-corrected chi connectivity index (χ0v) is 15.5. The van der Waals surface area contributed by atoms with Crippen LogP contribution in [-0.4, -0.2) is 24.9 Å². The standard InChI is InChI=1S/C22H17F3N2O2/c1-27-19-11-8-13-4-2-3-5-16(13)17(19)12-18(21(27)29)26-20(28)14-6-9-15(10-7-14)22(23,24)25/h2-11,18H,12H2,1H3,(H,26,28). The molecule has 2 amide bonds. The van der Waals surface area contributed by atoms with Gasteiger partial charge in [-0.25, -0.2) is 0 Å². The Morgan fingerprint density at radius 3 is 2.41 bits per heavy atom. The van der Waals surface area contributed by atoms with Gasteiger partial charge in [0.15, 0.2) is 0 Å². The van der Waals surface area contributed by atoms with Gasteiger partial charge in [-0.2, -0.15) is 13.2 Å². The number of carbonyl (C=O) groups is 2. The van der Waals surface area contributed by atoms with Gasteiger partial charge in [-0.3, -0.25) is 9.59 Å². The van der Waals surface area contributed by atoms with Gasteiger partial charge in [0.25, 0.3) is 5.91 Å². The number of nitrogens with one attached hydrogen (secondary N) is 1. The summed E-state index contributed by atoms with van der Waals surface area (Å²) < 4.78 is 38.1. The van der Waals surface area contributed by atoms with Crippen molar-refractivity contribution in [3.63, 3.8) is 0 Å². The summed E-state index contributed by atoms with van der Waals surface area (Å²) in [5.74, 6) is -0.859. The van der Waals surface area contributed by atoms with E-state index in [1.807, 2.05) is 36.4 Å². The molecular weight excluding hydrogens is 381 g/mol. The Hall–Kier alpha value is -3.35. The zero-order chi connectivity index (χ0) is 20.8. The molecule has 29 heavy (non-hydrogen) atoms. The van der Waals surface area contributed by atoms with Crippen molar-refractivity contribution in [2.75, 3.05) is 11.9 Å². The van der Waals surface area contributed by atoms with Crippen LogP contribution < -0.4 is 10.2 Å². The van der Waals surface area contributed by atoms with Crippen LogP contribution in [0.25, 0.3) is 10.8 Å². The van der Waals surface area contributed by atoms with Crippen molar-refractivity contribution >= 4 is 28.3 Å². The minimum absolute atomic E-state index is 0.0668. The van der Waals surface area contributed by atoms with Crippen LogP contribution >= 0.6 is 0 Å². The summed E-state index contributed by atoms with van der Waals surface area (Å²) in [4.78, 5) is 26.8. The summed E-state index contributed by atoms with van der Waals surface area (Å²) in [6, 6.07) is 14.7. The molecule has 148 valence electrons. The zero-order valence-electron chi connectivity index (χ0n) is 15.5. The molecule has 1 aliphatic rings. The first-order valence-corrected chi connectivity index (χ1v) is 9.02. The Labute approximate surface area is 164 Å². The highest BCUT2D eigenvalue weighted by atomic mass is 19.4. The molecule has 1 unspecified atom stereocenters. The summed E-state index contributed by atoms with van der Waals surface area (Å²) in [7, 11) is 1.65. The first-order valence-electron chi connectivity index (χ1n) is 9.02. The van der Waals surface area contributed by atoms with Crippen LogP contribution in [0.4, 0.5) is 18.9 Å². The van der Waals surface area contributed by atoms with Crippen LogP contribution in [-0.2, 0) is 17.4 Å². The molecule has 1 N–H and O–H groups in total. The smallest absolute Gasteiger partial charge is 0.340 e. The van der Waals surface area contributed by atoms with Gasteiger partial charge in [0.2, 0.25) is 5.91 Å². The van der Waals surface area contributed by atoms with Crippen molar-refractivity contribution in [3.05, 3.63) is 77.4 Å². The number of rotatable bonds is 2. The molecule has 3 aromatic carbocycles. The second-order valence-corrected chi connectivity index (χ2v) is 6.99. The molecule has 0 bridgehead atoms. The van der Waals surface area contributed by atoms with Crippen molar-refractivity contribution in [2.24, 2.45) is 0 Å². The molecule has 7 heteroatoms. The van der Waals surface area contributed by atoms with Crippen molar-refractivity contribution < 1.29 is 22.8 Å². The molecule has 0 radical (unpaired) electrons. The van der Waals surface area contributed by atoms with E-state index in [4.69, 9.17) is 0 Å². The van der Waals surface area contributed by atoms with Crippen LogP contribution in [0.1, 0.15) is 21.5 Å². The molecule has 0 fully saturated rings. The summed E-state index contributed by atoms with van der Waals surface area (Å²) in [5.41, 5.74) is 0.969. The number of alkyl halides is 3. The molecule has 3 aromatic rings. The predicted molar refractivity (Wildman–Crippen MR) is 104 cm³/mol. The van der Waals surface area contributed by atoms with Crippen LogP contribution in [0.15, 0.2) is 60.7 Å². The third kappa shape index (κ3) is 3.44. The summed E-state index contributed by atoms with van der Waals surface area (Å²) in [5, 5.41) is 4.70. The molecule has 4 nitrogen and oxygen atoms in total. The largest absolute Gasteiger partial charge is 0.416 e. The molecule has 1 heterocycles. The molecule has 1 aliphatic heterocycles. The Morgan fingerprint density at radius 2 is 1.72 bits per heavy atom. The number of nitrogens with zero attached hydrogens (tertiary/aromatic N) is 1. The molecule has 1 atom stereocenters. The third-order valence-electron chi connectivity index (χ3n) is 5.19. The van der Waals surface area contributed by atoms with E-state index in [1.54, 1.807) is 7.05 Å². The SMILES string of the molecule is CN1C(=O)C(NC(=O)c2ccc(C(F)(F)F)cc2)Cc2c1ccc1ccccc21. The van der Waals surface area contributed by atoms with Crippen molar-refractivity contribution in [2.45, 2.75) is 18.6 Å². The molecular formula is C22H17F3N2O2. The van der Waals surface area contributed by atoms with Crippen molar-refractivity contribution in [1.29, 1.82) is 0 Å². The Balaban J connectivity index is 1.61. The number of benzene rings is 3. The Morgan fingerprint density at radius 1 is 1.03 bits per heavy atom. The van der Waals surface area contributed by atoms with Crippen molar-refractivity contribution in [3.8, 4) is 0 Å². The highest BCUT2D eigenvalue weighted by Crippen LogP contribution is 2.33. The quantitative estimate of drug-likeness (QED) is 0.704. The Kier molecular flexibility index (Phi) is 4.53. The topological polar surface area (TPSA) is 49.4 Å². The van der Waals surface area contributed by atoms with E-state index in [1.165, 1.54) is 4.90 Å². The fourth-order valence-corrected chi connectivity index (χ4v) is 3.66. The first kappa shape index (κ1) is 19.0. The number of hydrogen-bond acceptors (Lipinski definition) is 2. The fraction of sp³-hybridized carbons (Fsp3) is 0.182. The monoisotopic (exact) mass is 398 g/mol. The maximum Gasteiger partial charge on any atom is 0.416 e. The lowest BCUT2D eigenvalue weighted by Gasteiger charge is -2.32. The van der Waals surface area contributed by atoms with E-state index in [0.29, 0.717) is 6.42 Å². The second-order valence-electron chi connectivity index (χ2n) is 6.99. The van der Waals surface area contributed by atoms with E-state index in [9.17, 15) is 22.8 Å². The van der Waals surface area contributed by atoms with Gasteiger partial charge in [-0.05, 0) is 46.7 Å². The number of amides is 2. The molecule has 4 rings (SSSR count). The van der Waals surface area contributed by atoms with Crippen LogP contribution in [0.5, 0.6) is 0 Å². The minimum atomic E-state index is -4.47. The van der Waals surface area contributed by atoms with Gasteiger partial charge in [0.05, 0.1) is 5.56 Å². The number of fused-ring (bicyclic) bond motifs is 3. The summed E-state index contributed by atoms with van der Waals surface area (Å²) >= 11 is 0. The van der Waals surface area contributed by atoms with Crippen LogP contribution in [0.3, 0.4) is 0 Å². The normalized spacial score (nSPS) is 16.6. The van der Waals surface area contributed by atoms with Gasteiger partial charge in [-0.15, -0.1) is 0 Å². The predicted octanol–water partition coefficient (Wildman–Crippen LogP) is 4.18. The number of likely N-dealkylation sites (N-methyl/N-ethyl adjacent to an activating group) is 1. The molecule has 0 saturated heterocycles. The maximum atomic E-state index is 12.7. The van der Waals surface area contributed by atoms with Gasteiger partial charge < -0.3 is 10.2 Å². The lowest BCUT2D eigenvalue weighted by Crippen LogP contribution is -2.51. The first-order chi connectivity index (χ1) is 13.8. The second kappa shape index (κ2) is 6.92. The van der Waals surface area contributed by atoms with E-state index in [-0.39, 0.29) is 11.5 Å². The average molecular weight is 398 g/mol. The van der Waals surface area contributed by atoms with Crippen LogP contribution in [0, 0.1) is 0 Å². The summed E-state index contributed by atoms with van der Waals surface area (Å²) in [6.45, 7) is 0. The van der Waals surface area contributed by atoms with Gasteiger partial charge in [0, 0.05) is 24.7 Å². The molecule has 0 aromatic heterocycles. The number of anilines is 1. The lowest BCUT2D eigenvalue weighted by atomic mass is 9.92. The van der Waals surface area contributed by atoms with E-state index >= 15 is 0 Å².